The number of hydrogen-bond donors (Lipinski definition) is 0. The summed E-state index contributed by atoms with van der Waals surface area (Å²) in [5, 5.41) is 10.9. The van der Waals surface area contributed by atoms with Gasteiger partial charge in [0.05, 0.1) is 10.7 Å². The lowest BCUT2D eigenvalue weighted by atomic mass is 10.1. The van der Waals surface area contributed by atoms with E-state index >= 15 is 0 Å². The van der Waals surface area contributed by atoms with E-state index in [4.69, 9.17) is 0 Å². The van der Waals surface area contributed by atoms with Crippen LogP contribution < -0.4 is 4.90 Å². The summed E-state index contributed by atoms with van der Waals surface area (Å²) < 4.78 is 47.7. The standard InChI is InChI=1S/C11H10F2N2O5S/c12-8-2-1-3-9(15(17)18)11(8)14-5-7(4-10(14)16)6-21(13,19)20/h1-3,7H,4-6H2. The average Bonchev–Trinajstić information content (AvgIpc) is 2.66. The molecule has 10 heteroatoms. The lowest BCUT2D eigenvalue weighted by molar-refractivity contribution is -0.384. The molecule has 1 aromatic rings. The molecule has 1 amide bonds. The SMILES string of the molecule is O=C1CC(CS(=O)(=O)F)CN1c1c(F)cccc1[N+](=O)[O-]. The predicted molar refractivity (Wildman–Crippen MR) is 68.4 cm³/mol. The summed E-state index contributed by atoms with van der Waals surface area (Å²) >= 11 is 0. The molecule has 0 saturated carbocycles. The Kier molecular flexibility index (Phi) is 3.90. The van der Waals surface area contributed by atoms with Gasteiger partial charge < -0.3 is 4.90 Å². The Morgan fingerprint density at radius 2 is 2.10 bits per heavy atom. The van der Waals surface area contributed by atoms with E-state index in [1.54, 1.807) is 0 Å². The molecule has 1 fully saturated rings. The van der Waals surface area contributed by atoms with Crippen molar-refractivity contribution in [3.8, 4) is 0 Å². The zero-order valence-corrected chi connectivity index (χ0v) is 11.3. The zero-order chi connectivity index (χ0) is 15.8. The summed E-state index contributed by atoms with van der Waals surface area (Å²) in [4.78, 5) is 22.7. The van der Waals surface area contributed by atoms with Crippen molar-refractivity contribution in [3.05, 3.63) is 34.1 Å². The fourth-order valence-corrected chi connectivity index (χ4v) is 3.10. The highest BCUT2D eigenvalue weighted by Crippen LogP contribution is 2.35. The van der Waals surface area contributed by atoms with Crippen molar-refractivity contribution in [2.75, 3.05) is 17.2 Å². The van der Waals surface area contributed by atoms with Crippen molar-refractivity contribution in [2.24, 2.45) is 5.92 Å². The maximum absolute atomic E-state index is 13.8. The van der Waals surface area contributed by atoms with Gasteiger partial charge in [0.25, 0.3) is 5.69 Å². The quantitative estimate of drug-likeness (QED) is 0.474. The van der Waals surface area contributed by atoms with E-state index in [0.717, 1.165) is 23.1 Å². The van der Waals surface area contributed by atoms with Gasteiger partial charge in [-0.1, -0.05) is 6.07 Å². The van der Waals surface area contributed by atoms with Crippen molar-refractivity contribution in [2.45, 2.75) is 6.42 Å². The van der Waals surface area contributed by atoms with Gasteiger partial charge in [0.1, 0.15) is 0 Å². The van der Waals surface area contributed by atoms with Gasteiger partial charge in [0, 0.05) is 24.9 Å². The van der Waals surface area contributed by atoms with Gasteiger partial charge in [0.15, 0.2) is 11.5 Å². The van der Waals surface area contributed by atoms with E-state index in [9.17, 15) is 31.6 Å². The molecule has 0 radical (unpaired) electrons. The first kappa shape index (κ1) is 15.3. The molecule has 0 spiro atoms. The van der Waals surface area contributed by atoms with Crippen molar-refractivity contribution in [1.82, 2.24) is 0 Å². The summed E-state index contributed by atoms with van der Waals surface area (Å²) in [6.07, 6.45) is -0.311. The van der Waals surface area contributed by atoms with E-state index in [1.807, 2.05) is 0 Å². The Labute approximate surface area is 118 Å². The fourth-order valence-electron chi connectivity index (χ4n) is 2.31. The Hall–Kier alpha value is -2.10. The summed E-state index contributed by atoms with van der Waals surface area (Å²) in [7, 11) is -4.78. The van der Waals surface area contributed by atoms with Crippen LogP contribution >= 0.6 is 0 Å². The molecule has 0 aliphatic carbocycles. The molecule has 0 aromatic heterocycles. The summed E-state index contributed by atoms with van der Waals surface area (Å²) in [5.41, 5.74) is -1.13. The zero-order valence-electron chi connectivity index (χ0n) is 10.5. The van der Waals surface area contributed by atoms with Crippen LogP contribution in [0.5, 0.6) is 0 Å². The number of carbonyl (C=O) groups is 1. The highest BCUT2D eigenvalue weighted by atomic mass is 32.3. The van der Waals surface area contributed by atoms with Gasteiger partial charge in [-0.25, -0.2) is 4.39 Å². The van der Waals surface area contributed by atoms with Crippen molar-refractivity contribution in [1.29, 1.82) is 0 Å². The van der Waals surface area contributed by atoms with Gasteiger partial charge in [-0.15, -0.1) is 3.89 Å². The normalized spacial score (nSPS) is 19.0. The third-order valence-electron chi connectivity index (χ3n) is 3.07. The second-order valence-corrected chi connectivity index (χ2v) is 6.06. The van der Waals surface area contributed by atoms with E-state index in [2.05, 4.69) is 0 Å². The lowest BCUT2D eigenvalue weighted by Crippen LogP contribution is -2.27. The van der Waals surface area contributed by atoms with Crippen LogP contribution in [0.15, 0.2) is 18.2 Å². The number of halogens is 2. The second kappa shape index (κ2) is 5.35. The first-order chi connectivity index (χ1) is 9.69. The van der Waals surface area contributed by atoms with Gasteiger partial charge >= 0.3 is 10.2 Å². The van der Waals surface area contributed by atoms with E-state index in [0.29, 0.717) is 0 Å². The minimum Gasteiger partial charge on any atom is -0.304 e. The highest BCUT2D eigenvalue weighted by Gasteiger charge is 2.37. The van der Waals surface area contributed by atoms with Crippen LogP contribution in [-0.4, -0.2) is 31.5 Å². The van der Waals surface area contributed by atoms with Crippen LogP contribution in [0.1, 0.15) is 6.42 Å². The van der Waals surface area contributed by atoms with E-state index in [1.165, 1.54) is 0 Å². The van der Waals surface area contributed by atoms with Crippen LogP contribution in [0.2, 0.25) is 0 Å². The van der Waals surface area contributed by atoms with Crippen LogP contribution in [0, 0.1) is 21.8 Å². The molecule has 0 N–H and O–H groups in total. The third kappa shape index (κ3) is 3.32. The molecule has 1 unspecified atom stereocenters. The lowest BCUT2D eigenvalue weighted by Gasteiger charge is -2.17. The molecule has 1 atom stereocenters. The van der Waals surface area contributed by atoms with Crippen LogP contribution in [0.4, 0.5) is 19.7 Å². The molecule has 7 nitrogen and oxygen atoms in total. The van der Waals surface area contributed by atoms with Crippen LogP contribution in [0.3, 0.4) is 0 Å². The number of nitro groups is 1. The predicted octanol–water partition coefficient (Wildman–Crippen LogP) is 1.39. The molecule has 0 bridgehead atoms. The maximum Gasteiger partial charge on any atom is 0.302 e. The van der Waals surface area contributed by atoms with E-state index < -0.39 is 49.9 Å². The Morgan fingerprint density at radius 1 is 1.43 bits per heavy atom. The van der Waals surface area contributed by atoms with Gasteiger partial charge in [-0.3, -0.25) is 14.9 Å². The molecule has 1 aliphatic rings. The minimum absolute atomic E-state index is 0.288. The van der Waals surface area contributed by atoms with Crippen molar-refractivity contribution >= 4 is 27.5 Å². The molecule has 2 rings (SSSR count). The van der Waals surface area contributed by atoms with Gasteiger partial charge in [-0.2, -0.15) is 8.42 Å². The van der Waals surface area contributed by atoms with E-state index in [-0.39, 0.29) is 13.0 Å². The molecule has 21 heavy (non-hydrogen) atoms. The second-order valence-electron chi connectivity index (χ2n) is 4.64. The largest absolute Gasteiger partial charge is 0.304 e. The monoisotopic (exact) mass is 320 g/mol. The number of rotatable bonds is 4. The van der Waals surface area contributed by atoms with Crippen molar-refractivity contribution in [3.63, 3.8) is 0 Å². The first-order valence-corrected chi connectivity index (χ1v) is 7.40. The number of nitrogens with zero attached hydrogens (tertiary/aromatic N) is 2. The topological polar surface area (TPSA) is 97.6 Å². The number of carbonyl (C=O) groups excluding carboxylic acids is 1. The minimum atomic E-state index is -4.78. The Morgan fingerprint density at radius 3 is 2.67 bits per heavy atom. The van der Waals surface area contributed by atoms with Crippen molar-refractivity contribution < 1.29 is 26.4 Å². The molecule has 114 valence electrons. The number of nitro benzene ring substituents is 1. The Balaban J connectivity index is 2.36. The number of anilines is 1. The third-order valence-corrected chi connectivity index (χ3v) is 3.94. The molecular weight excluding hydrogens is 310 g/mol. The number of hydrogen-bond acceptors (Lipinski definition) is 5. The summed E-state index contributed by atoms with van der Waals surface area (Å²) in [6.45, 7) is -0.288. The smallest absolute Gasteiger partial charge is 0.302 e. The van der Waals surface area contributed by atoms with Gasteiger partial charge in [0.2, 0.25) is 5.91 Å². The number of benzene rings is 1. The molecule has 1 heterocycles. The molecule has 1 saturated heterocycles. The number of amides is 1. The Bertz CT molecular complexity index is 707. The fraction of sp³-hybridized carbons (Fsp3) is 0.364. The number of para-hydroxylation sites is 1. The summed E-state index contributed by atoms with van der Waals surface area (Å²) in [5.74, 6) is -3.40. The highest BCUT2D eigenvalue weighted by molar-refractivity contribution is 7.86. The average molecular weight is 320 g/mol. The summed E-state index contributed by atoms with van der Waals surface area (Å²) in [6, 6.07) is 3.11. The first-order valence-electron chi connectivity index (χ1n) is 5.84. The van der Waals surface area contributed by atoms with Gasteiger partial charge in [-0.05, 0) is 6.07 Å². The van der Waals surface area contributed by atoms with Crippen LogP contribution in [0.25, 0.3) is 0 Å². The molecule has 1 aliphatic heterocycles. The maximum atomic E-state index is 13.8. The molecule has 1 aromatic carbocycles. The van der Waals surface area contributed by atoms with Crippen LogP contribution in [-0.2, 0) is 15.0 Å². The molecular formula is C11H10F2N2O5S.